The van der Waals surface area contributed by atoms with Gasteiger partial charge >= 0.3 is 6.09 Å². The van der Waals surface area contributed by atoms with E-state index in [0.717, 1.165) is 6.26 Å². The Balaban J connectivity index is 3.92. The summed E-state index contributed by atoms with van der Waals surface area (Å²) < 4.78 is 26.1. The zero-order valence-electron chi connectivity index (χ0n) is 8.25. The van der Waals surface area contributed by atoms with Crippen LogP contribution in [-0.2, 0) is 14.6 Å². The first-order valence-electron chi connectivity index (χ1n) is 3.75. The summed E-state index contributed by atoms with van der Waals surface area (Å²) in [7, 11) is -3.19. The molecule has 0 saturated carbocycles. The van der Waals surface area contributed by atoms with Crippen LogP contribution in [0.15, 0.2) is 0 Å². The molecule has 1 amide bonds. The van der Waals surface area contributed by atoms with Crippen molar-refractivity contribution in [3.05, 3.63) is 0 Å². The van der Waals surface area contributed by atoms with Crippen LogP contribution >= 0.6 is 0 Å². The topological polar surface area (TPSA) is 72.5 Å². The first kappa shape index (κ1) is 12.2. The highest BCUT2D eigenvalue weighted by Crippen LogP contribution is 2.06. The Morgan fingerprint density at radius 1 is 1.38 bits per heavy atom. The molecular formula is C7H15NO4S. The largest absolute Gasteiger partial charge is 0.444 e. The molecule has 0 spiro atoms. The Bertz CT molecular complexity index is 275. The van der Waals surface area contributed by atoms with Crippen LogP contribution in [0.3, 0.4) is 0 Å². The number of alkyl carbamates (subject to hydrolysis) is 1. The lowest BCUT2D eigenvalue weighted by molar-refractivity contribution is 0.0537. The molecule has 0 bridgehead atoms. The Morgan fingerprint density at radius 2 is 1.85 bits per heavy atom. The summed E-state index contributed by atoms with van der Waals surface area (Å²) in [5, 5.41) is 2.13. The molecule has 0 aliphatic carbocycles. The van der Waals surface area contributed by atoms with Crippen molar-refractivity contribution in [1.82, 2.24) is 5.32 Å². The van der Waals surface area contributed by atoms with Gasteiger partial charge in [-0.05, 0) is 20.8 Å². The monoisotopic (exact) mass is 209 g/mol. The van der Waals surface area contributed by atoms with E-state index < -0.39 is 27.4 Å². The van der Waals surface area contributed by atoms with Crippen LogP contribution < -0.4 is 5.32 Å². The number of rotatable bonds is 2. The molecule has 13 heavy (non-hydrogen) atoms. The van der Waals surface area contributed by atoms with Crippen molar-refractivity contribution in [2.24, 2.45) is 0 Å². The Kier molecular flexibility index (Phi) is 3.71. The fourth-order valence-electron chi connectivity index (χ4n) is 0.504. The fourth-order valence-corrected chi connectivity index (χ4v) is 0.884. The second-order valence-electron chi connectivity index (χ2n) is 3.75. The van der Waals surface area contributed by atoms with Crippen molar-refractivity contribution in [2.75, 3.05) is 12.1 Å². The smallest absolute Gasteiger partial charge is 0.408 e. The van der Waals surface area contributed by atoms with E-state index in [1.54, 1.807) is 20.8 Å². The van der Waals surface area contributed by atoms with Gasteiger partial charge in [-0.1, -0.05) is 0 Å². The highest BCUT2D eigenvalue weighted by molar-refractivity contribution is 7.90. The van der Waals surface area contributed by atoms with Crippen molar-refractivity contribution >= 4 is 15.9 Å². The van der Waals surface area contributed by atoms with Crippen molar-refractivity contribution in [2.45, 2.75) is 26.4 Å². The number of hydrogen-bond acceptors (Lipinski definition) is 4. The number of amides is 1. The van der Waals surface area contributed by atoms with Gasteiger partial charge in [-0.3, -0.25) is 0 Å². The molecule has 0 aromatic heterocycles. The molecule has 78 valence electrons. The van der Waals surface area contributed by atoms with Crippen LogP contribution in [0.1, 0.15) is 20.8 Å². The van der Waals surface area contributed by atoms with Gasteiger partial charge in [0, 0.05) is 6.26 Å². The highest BCUT2D eigenvalue weighted by atomic mass is 32.2. The van der Waals surface area contributed by atoms with E-state index in [2.05, 4.69) is 5.32 Å². The molecule has 0 aliphatic rings. The van der Waals surface area contributed by atoms with Gasteiger partial charge in [0.15, 0.2) is 9.84 Å². The SMILES string of the molecule is CC(C)(C)OC(=O)NCS(C)(=O)=O. The predicted molar refractivity (Wildman–Crippen MR) is 49.1 cm³/mol. The minimum Gasteiger partial charge on any atom is -0.444 e. The van der Waals surface area contributed by atoms with Crippen LogP contribution in [0.25, 0.3) is 0 Å². The average molecular weight is 209 g/mol. The lowest BCUT2D eigenvalue weighted by Crippen LogP contribution is -2.35. The fraction of sp³-hybridized carbons (Fsp3) is 0.857. The predicted octanol–water partition coefficient (Wildman–Crippen LogP) is 0.513. The number of carbonyl (C=O) groups excluding carboxylic acids is 1. The molecule has 0 aromatic rings. The first-order chi connectivity index (χ1) is 5.60. The molecular weight excluding hydrogens is 194 g/mol. The molecule has 0 heterocycles. The summed E-state index contributed by atoms with van der Waals surface area (Å²) in [6.07, 6.45) is 0.308. The third-order valence-electron chi connectivity index (χ3n) is 0.878. The van der Waals surface area contributed by atoms with Crippen LogP contribution in [0.2, 0.25) is 0 Å². The quantitative estimate of drug-likeness (QED) is 0.719. The van der Waals surface area contributed by atoms with Gasteiger partial charge in [0.25, 0.3) is 0 Å². The molecule has 0 radical (unpaired) electrons. The van der Waals surface area contributed by atoms with Crippen molar-refractivity contribution < 1.29 is 17.9 Å². The zero-order chi connectivity index (χ0) is 10.7. The zero-order valence-corrected chi connectivity index (χ0v) is 9.06. The first-order valence-corrected chi connectivity index (χ1v) is 5.81. The van der Waals surface area contributed by atoms with E-state index >= 15 is 0 Å². The van der Waals surface area contributed by atoms with Gasteiger partial charge < -0.3 is 10.1 Å². The van der Waals surface area contributed by atoms with Crippen LogP contribution in [0, 0.1) is 0 Å². The minimum atomic E-state index is -3.19. The van der Waals surface area contributed by atoms with Gasteiger partial charge in [0.05, 0.1) is 0 Å². The summed E-state index contributed by atoms with van der Waals surface area (Å²) in [6.45, 7) is 5.10. The summed E-state index contributed by atoms with van der Waals surface area (Å²) >= 11 is 0. The van der Waals surface area contributed by atoms with Crippen molar-refractivity contribution in [3.8, 4) is 0 Å². The van der Waals surface area contributed by atoms with Gasteiger partial charge in [0.2, 0.25) is 0 Å². The number of carbonyl (C=O) groups is 1. The number of sulfone groups is 1. The molecule has 5 nitrogen and oxygen atoms in total. The second-order valence-corrected chi connectivity index (χ2v) is 5.89. The van der Waals surface area contributed by atoms with Gasteiger partial charge in [-0.15, -0.1) is 0 Å². The number of ether oxygens (including phenoxy) is 1. The summed E-state index contributed by atoms with van der Waals surface area (Å²) in [6, 6.07) is 0. The van der Waals surface area contributed by atoms with Crippen molar-refractivity contribution in [1.29, 1.82) is 0 Å². The standard InChI is InChI=1S/C7H15NO4S/c1-7(2,3)12-6(9)8-5-13(4,10)11/h5H2,1-4H3,(H,8,9). The summed E-state index contributed by atoms with van der Waals surface area (Å²) in [4.78, 5) is 10.9. The molecule has 0 atom stereocenters. The van der Waals surface area contributed by atoms with Crippen LogP contribution in [-0.4, -0.2) is 32.2 Å². The van der Waals surface area contributed by atoms with Crippen molar-refractivity contribution in [3.63, 3.8) is 0 Å². The van der Waals surface area contributed by atoms with Crippen LogP contribution in [0.5, 0.6) is 0 Å². The summed E-state index contributed by atoms with van der Waals surface area (Å²) in [5.41, 5.74) is -0.610. The Hall–Kier alpha value is -0.780. The van der Waals surface area contributed by atoms with Gasteiger partial charge in [0.1, 0.15) is 11.5 Å². The van der Waals surface area contributed by atoms with Crippen LogP contribution in [0.4, 0.5) is 4.79 Å². The third kappa shape index (κ3) is 9.13. The lowest BCUT2D eigenvalue weighted by Gasteiger charge is -2.19. The van der Waals surface area contributed by atoms with E-state index in [1.165, 1.54) is 0 Å². The maximum Gasteiger partial charge on any atom is 0.408 e. The van der Waals surface area contributed by atoms with E-state index in [9.17, 15) is 13.2 Å². The normalized spacial score (nSPS) is 12.3. The van der Waals surface area contributed by atoms with E-state index in [-0.39, 0.29) is 0 Å². The molecule has 0 unspecified atom stereocenters. The van der Waals surface area contributed by atoms with E-state index in [4.69, 9.17) is 4.74 Å². The highest BCUT2D eigenvalue weighted by Gasteiger charge is 2.16. The molecule has 0 aromatic carbocycles. The summed E-state index contributed by atoms with van der Waals surface area (Å²) in [5.74, 6) is -0.401. The third-order valence-corrected chi connectivity index (χ3v) is 1.55. The Morgan fingerprint density at radius 3 is 2.15 bits per heavy atom. The second kappa shape index (κ2) is 3.95. The maximum absolute atomic E-state index is 10.9. The lowest BCUT2D eigenvalue weighted by atomic mass is 10.2. The number of hydrogen-bond donors (Lipinski definition) is 1. The minimum absolute atomic E-state index is 0.401. The van der Waals surface area contributed by atoms with E-state index in [1.807, 2.05) is 0 Å². The molecule has 1 N–H and O–H groups in total. The molecule has 0 saturated heterocycles. The average Bonchev–Trinajstić information content (AvgIpc) is 1.78. The Labute approximate surface area is 78.4 Å². The molecule has 0 aliphatic heterocycles. The number of nitrogens with one attached hydrogen (secondary N) is 1. The molecule has 6 heteroatoms. The van der Waals surface area contributed by atoms with Gasteiger partial charge in [-0.2, -0.15) is 0 Å². The maximum atomic E-state index is 10.9. The van der Waals surface area contributed by atoms with Gasteiger partial charge in [-0.25, -0.2) is 13.2 Å². The van der Waals surface area contributed by atoms with E-state index in [0.29, 0.717) is 0 Å². The molecule has 0 fully saturated rings. The molecule has 0 rings (SSSR count).